The first-order chi connectivity index (χ1) is 12.1. The smallest absolute Gasteiger partial charge is 0.286 e. The van der Waals surface area contributed by atoms with E-state index >= 15 is 0 Å². The zero-order valence-corrected chi connectivity index (χ0v) is 13.7. The Labute approximate surface area is 147 Å². The van der Waals surface area contributed by atoms with Gasteiger partial charge in [-0.25, -0.2) is 9.67 Å². The standard InChI is InChI=1S/C16H14ClN5O3/c17-11-3-4-13(22-10-18-9-20-22)12(8-11)21-15(23)5-6-19-16(24)14-2-1-7-25-14/h1-4,7-10H,5-6H2,(H,19,24)(H,21,23). The first-order valence-corrected chi connectivity index (χ1v) is 7.77. The molecule has 0 fully saturated rings. The largest absolute Gasteiger partial charge is 0.459 e. The van der Waals surface area contributed by atoms with E-state index in [9.17, 15) is 9.59 Å². The Kier molecular flexibility index (Phi) is 5.10. The Morgan fingerprint density at radius 1 is 1.28 bits per heavy atom. The summed E-state index contributed by atoms with van der Waals surface area (Å²) < 4.78 is 6.49. The Morgan fingerprint density at radius 2 is 2.16 bits per heavy atom. The molecule has 128 valence electrons. The average molecular weight is 360 g/mol. The predicted molar refractivity (Wildman–Crippen MR) is 90.7 cm³/mol. The average Bonchev–Trinajstić information content (AvgIpc) is 3.29. The van der Waals surface area contributed by atoms with Crippen LogP contribution in [0.1, 0.15) is 17.0 Å². The van der Waals surface area contributed by atoms with Gasteiger partial charge in [0, 0.05) is 18.0 Å². The molecule has 0 bridgehead atoms. The van der Waals surface area contributed by atoms with Crippen molar-refractivity contribution >= 4 is 29.1 Å². The molecule has 0 unspecified atom stereocenters. The third-order valence-corrected chi connectivity index (χ3v) is 3.52. The van der Waals surface area contributed by atoms with Crippen molar-refractivity contribution in [2.24, 2.45) is 0 Å². The first kappa shape index (κ1) is 16.7. The maximum Gasteiger partial charge on any atom is 0.286 e. The van der Waals surface area contributed by atoms with E-state index in [4.69, 9.17) is 16.0 Å². The number of nitrogens with one attached hydrogen (secondary N) is 2. The molecule has 0 radical (unpaired) electrons. The summed E-state index contributed by atoms with van der Waals surface area (Å²) in [5.74, 6) is -0.448. The van der Waals surface area contributed by atoms with E-state index in [0.717, 1.165) is 0 Å². The number of nitrogens with zero attached hydrogens (tertiary/aromatic N) is 3. The molecule has 2 aromatic heterocycles. The molecule has 0 saturated heterocycles. The molecule has 0 aliphatic rings. The summed E-state index contributed by atoms with van der Waals surface area (Å²) in [5.41, 5.74) is 1.13. The van der Waals surface area contributed by atoms with Gasteiger partial charge in [-0.1, -0.05) is 11.6 Å². The van der Waals surface area contributed by atoms with Crippen LogP contribution in [0.15, 0.2) is 53.7 Å². The van der Waals surface area contributed by atoms with Crippen LogP contribution in [-0.2, 0) is 4.79 Å². The topological polar surface area (TPSA) is 102 Å². The molecule has 2 N–H and O–H groups in total. The minimum atomic E-state index is -0.371. The van der Waals surface area contributed by atoms with Crippen molar-refractivity contribution in [1.82, 2.24) is 20.1 Å². The lowest BCUT2D eigenvalue weighted by Gasteiger charge is -2.11. The normalized spacial score (nSPS) is 10.4. The molecule has 9 heteroatoms. The SMILES string of the molecule is O=C(CCNC(=O)c1ccco1)Nc1cc(Cl)ccc1-n1cncn1. The van der Waals surface area contributed by atoms with Gasteiger partial charge in [0.1, 0.15) is 12.7 Å². The fourth-order valence-corrected chi connectivity index (χ4v) is 2.31. The van der Waals surface area contributed by atoms with Crippen LogP contribution < -0.4 is 10.6 Å². The van der Waals surface area contributed by atoms with Crippen molar-refractivity contribution in [3.63, 3.8) is 0 Å². The Balaban J connectivity index is 1.59. The number of halogens is 1. The highest BCUT2D eigenvalue weighted by atomic mass is 35.5. The lowest BCUT2D eigenvalue weighted by Crippen LogP contribution is -2.27. The van der Waals surface area contributed by atoms with Crippen LogP contribution in [0.3, 0.4) is 0 Å². The van der Waals surface area contributed by atoms with Gasteiger partial charge in [-0.2, -0.15) is 5.10 Å². The highest BCUT2D eigenvalue weighted by Gasteiger charge is 2.12. The second kappa shape index (κ2) is 7.63. The summed E-state index contributed by atoms with van der Waals surface area (Å²) in [6, 6.07) is 8.21. The van der Waals surface area contributed by atoms with E-state index in [1.54, 1.807) is 30.3 Å². The van der Waals surface area contributed by atoms with E-state index < -0.39 is 0 Å². The molecule has 1 aromatic carbocycles. The quantitative estimate of drug-likeness (QED) is 0.703. The predicted octanol–water partition coefficient (Wildman–Crippen LogP) is 2.27. The maximum atomic E-state index is 12.1. The molecule has 0 spiro atoms. The molecule has 0 saturated carbocycles. The molecular formula is C16H14ClN5O3. The Morgan fingerprint density at radius 3 is 2.88 bits per heavy atom. The van der Waals surface area contributed by atoms with Crippen LogP contribution in [0, 0.1) is 0 Å². The van der Waals surface area contributed by atoms with Gasteiger partial charge in [-0.15, -0.1) is 0 Å². The molecule has 8 nitrogen and oxygen atoms in total. The fraction of sp³-hybridized carbons (Fsp3) is 0.125. The number of anilines is 1. The second-order valence-corrected chi connectivity index (χ2v) is 5.47. The van der Waals surface area contributed by atoms with Crippen molar-refractivity contribution < 1.29 is 14.0 Å². The van der Waals surface area contributed by atoms with Gasteiger partial charge in [-0.05, 0) is 30.3 Å². The summed E-state index contributed by atoms with van der Waals surface area (Å²) >= 11 is 6.00. The van der Waals surface area contributed by atoms with Gasteiger partial charge >= 0.3 is 0 Å². The Hall–Kier alpha value is -3.13. The van der Waals surface area contributed by atoms with E-state index in [1.807, 2.05) is 0 Å². The number of furan rings is 1. The number of benzene rings is 1. The lowest BCUT2D eigenvalue weighted by molar-refractivity contribution is -0.116. The van der Waals surface area contributed by atoms with Crippen LogP contribution >= 0.6 is 11.6 Å². The maximum absolute atomic E-state index is 12.1. The summed E-state index contributed by atoms with van der Waals surface area (Å²) in [6.45, 7) is 0.171. The molecule has 0 aliphatic carbocycles. The monoisotopic (exact) mass is 359 g/mol. The van der Waals surface area contributed by atoms with Crippen LogP contribution in [-0.4, -0.2) is 33.1 Å². The van der Waals surface area contributed by atoms with Gasteiger partial charge in [0.05, 0.1) is 17.6 Å². The number of carbonyl (C=O) groups excluding carboxylic acids is 2. The van der Waals surface area contributed by atoms with Gasteiger partial charge in [0.2, 0.25) is 5.91 Å². The highest BCUT2D eigenvalue weighted by Crippen LogP contribution is 2.24. The zero-order chi connectivity index (χ0) is 17.6. The number of hydrogen-bond acceptors (Lipinski definition) is 5. The third-order valence-electron chi connectivity index (χ3n) is 3.28. The van der Waals surface area contributed by atoms with Crippen molar-refractivity contribution in [1.29, 1.82) is 0 Å². The molecule has 2 amide bonds. The molecule has 25 heavy (non-hydrogen) atoms. The minimum Gasteiger partial charge on any atom is -0.459 e. The highest BCUT2D eigenvalue weighted by molar-refractivity contribution is 6.31. The summed E-state index contributed by atoms with van der Waals surface area (Å²) in [5, 5.41) is 9.89. The van der Waals surface area contributed by atoms with Crippen LogP contribution in [0.5, 0.6) is 0 Å². The van der Waals surface area contributed by atoms with Gasteiger partial charge in [-0.3, -0.25) is 9.59 Å². The number of carbonyl (C=O) groups is 2. The number of aromatic nitrogens is 3. The summed E-state index contributed by atoms with van der Waals surface area (Å²) in [6.07, 6.45) is 4.41. The number of rotatable bonds is 6. The van der Waals surface area contributed by atoms with Crippen molar-refractivity contribution in [2.75, 3.05) is 11.9 Å². The molecule has 2 heterocycles. The van der Waals surface area contributed by atoms with Crippen LogP contribution in [0.25, 0.3) is 5.69 Å². The molecule has 3 aromatic rings. The molecule has 0 aliphatic heterocycles. The van der Waals surface area contributed by atoms with E-state index in [0.29, 0.717) is 16.4 Å². The number of hydrogen-bond donors (Lipinski definition) is 2. The minimum absolute atomic E-state index is 0.0930. The molecule has 3 rings (SSSR count). The van der Waals surface area contributed by atoms with Crippen molar-refractivity contribution in [3.8, 4) is 5.69 Å². The van der Waals surface area contributed by atoms with Gasteiger partial charge in [0.15, 0.2) is 5.76 Å². The van der Waals surface area contributed by atoms with Crippen LogP contribution in [0.4, 0.5) is 5.69 Å². The Bertz CT molecular complexity index is 862. The first-order valence-electron chi connectivity index (χ1n) is 7.39. The zero-order valence-electron chi connectivity index (χ0n) is 13.0. The second-order valence-electron chi connectivity index (χ2n) is 5.03. The lowest BCUT2D eigenvalue weighted by atomic mass is 10.2. The van der Waals surface area contributed by atoms with E-state index in [1.165, 1.54) is 23.6 Å². The van der Waals surface area contributed by atoms with Crippen molar-refractivity contribution in [2.45, 2.75) is 6.42 Å². The van der Waals surface area contributed by atoms with E-state index in [2.05, 4.69) is 20.7 Å². The van der Waals surface area contributed by atoms with Crippen molar-refractivity contribution in [3.05, 3.63) is 60.0 Å². The van der Waals surface area contributed by atoms with Crippen LogP contribution in [0.2, 0.25) is 5.02 Å². The molecular weight excluding hydrogens is 346 g/mol. The van der Waals surface area contributed by atoms with Gasteiger partial charge in [0.25, 0.3) is 5.91 Å². The summed E-state index contributed by atoms with van der Waals surface area (Å²) in [7, 11) is 0. The molecule has 0 atom stereocenters. The third kappa shape index (κ3) is 4.24. The van der Waals surface area contributed by atoms with E-state index in [-0.39, 0.29) is 30.5 Å². The summed E-state index contributed by atoms with van der Waals surface area (Å²) in [4.78, 5) is 27.8. The number of amides is 2. The van der Waals surface area contributed by atoms with Gasteiger partial charge < -0.3 is 15.1 Å². The fourth-order valence-electron chi connectivity index (χ4n) is 2.14.